The van der Waals surface area contributed by atoms with E-state index in [0.29, 0.717) is 31.0 Å². The molecular weight excluding hydrogens is 551 g/mol. The summed E-state index contributed by atoms with van der Waals surface area (Å²) in [5, 5.41) is 22.6. The first kappa shape index (κ1) is 30.0. The summed E-state index contributed by atoms with van der Waals surface area (Å²) in [5.41, 5.74) is -3.82. The average Bonchev–Trinajstić information content (AvgIpc) is 2.94. The van der Waals surface area contributed by atoms with Crippen molar-refractivity contribution in [3.8, 4) is 0 Å². The van der Waals surface area contributed by atoms with Crippen molar-refractivity contribution in [3.05, 3.63) is 59.3 Å². The normalized spacial score (nSPS) is 22.6. The number of hydrogen-bond donors (Lipinski definition) is 3. The third-order valence-corrected chi connectivity index (χ3v) is 7.00. The van der Waals surface area contributed by atoms with E-state index < -0.39 is 59.7 Å². The number of nitrogens with one attached hydrogen (secondary N) is 2. The zero-order chi connectivity index (χ0) is 29.6. The van der Waals surface area contributed by atoms with E-state index in [1.807, 2.05) is 6.08 Å². The van der Waals surface area contributed by atoms with Crippen LogP contribution in [-0.2, 0) is 0 Å². The van der Waals surface area contributed by atoms with Crippen molar-refractivity contribution < 1.29 is 36.6 Å². The molecule has 4 rings (SSSR count). The summed E-state index contributed by atoms with van der Waals surface area (Å²) >= 11 is 0. The van der Waals surface area contributed by atoms with Crippen LogP contribution in [0.5, 0.6) is 0 Å². The summed E-state index contributed by atoms with van der Waals surface area (Å²) in [6.45, 7) is 1.16. The molecular formula is C27H29F5N6O3. The third kappa shape index (κ3) is 7.43. The maximum Gasteiger partial charge on any atom is 0.417 e. The Morgan fingerprint density at radius 1 is 1.00 bits per heavy atom. The maximum absolute atomic E-state index is 14.1. The Kier molecular flexibility index (Phi) is 9.31. The van der Waals surface area contributed by atoms with Gasteiger partial charge in [-0.15, -0.1) is 10.2 Å². The Morgan fingerprint density at radius 3 is 2.41 bits per heavy atom. The smallest absolute Gasteiger partial charge is 0.380 e. The van der Waals surface area contributed by atoms with Crippen LogP contribution in [0.2, 0.25) is 0 Å². The van der Waals surface area contributed by atoms with E-state index >= 15 is 0 Å². The van der Waals surface area contributed by atoms with Crippen molar-refractivity contribution in [2.45, 2.75) is 62.8 Å². The quantitative estimate of drug-likeness (QED) is 0.353. The molecule has 0 bridgehead atoms. The predicted octanol–water partition coefficient (Wildman–Crippen LogP) is 4.55. The molecule has 0 spiro atoms. The number of aromatic nitrogens is 2. The molecule has 1 aromatic carbocycles. The summed E-state index contributed by atoms with van der Waals surface area (Å²) < 4.78 is 67.3. The zero-order valence-electron chi connectivity index (χ0n) is 21.9. The molecule has 1 saturated carbocycles. The molecule has 1 aromatic heterocycles. The third-order valence-electron chi connectivity index (χ3n) is 7.00. The van der Waals surface area contributed by atoms with Gasteiger partial charge in [0, 0.05) is 25.2 Å². The van der Waals surface area contributed by atoms with E-state index in [2.05, 4.69) is 31.9 Å². The number of aliphatic imine (C=N–C) groups is 1. The van der Waals surface area contributed by atoms with Crippen LogP contribution in [0.1, 0.15) is 65.8 Å². The van der Waals surface area contributed by atoms with E-state index in [4.69, 9.17) is 0 Å². The van der Waals surface area contributed by atoms with Gasteiger partial charge in [-0.25, -0.2) is 8.78 Å². The number of nitrogens with zero attached hydrogens (tertiary/aromatic N) is 4. The van der Waals surface area contributed by atoms with Gasteiger partial charge in [-0.1, -0.05) is 12.2 Å². The number of benzene rings is 1. The predicted molar refractivity (Wildman–Crippen MR) is 141 cm³/mol. The molecule has 220 valence electrons. The van der Waals surface area contributed by atoms with Gasteiger partial charge in [-0.3, -0.25) is 14.6 Å². The number of anilines is 2. The lowest BCUT2D eigenvalue weighted by atomic mass is 9.81. The summed E-state index contributed by atoms with van der Waals surface area (Å²) in [6, 6.07) is 3.37. The Bertz CT molecular complexity index is 1310. The fraction of sp³-hybridized carbons (Fsp3) is 0.444. The number of hydrogen-bond acceptors (Lipinski definition) is 7. The van der Waals surface area contributed by atoms with Crippen LogP contribution in [0.15, 0.2) is 41.4 Å². The lowest BCUT2D eigenvalue weighted by Gasteiger charge is -2.37. The summed E-state index contributed by atoms with van der Waals surface area (Å²) in [4.78, 5) is 31.9. The van der Waals surface area contributed by atoms with Crippen molar-refractivity contribution in [1.82, 2.24) is 15.5 Å². The Labute approximate surface area is 232 Å². The monoisotopic (exact) mass is 580 g/mol. The number of rotatable bonds is 5. The van der Waals surface area contributed by atoms with Crippen LogP contribution >= 0.6 is 0 Å². The highest BCUT2D eigenvalue weighted by molar-refractivity contribution is 6.08. The van der Waals surface area contributed by atoms with Crippen LogP contribution in [-0.4, -0.2) is 64.4 Å². The molecule has 0 unspecified atom stereocenters. The first-order chi connectivity index (χ1) is 19.5. The van der Waals surface area contributed by atoms with Gasteiger partial charge in [0.25, 0.3) is 11.8 Å². The molecule has 2 heterocycles. The van der Waals surface area contributed by atoms with Crippen molar-refractivity contribution >= 4 is 29.7 Å². The molecule has 1 aliphatic heterocycles. The molecule has 1 fully saturated rings. The number of allylic oxidation sites excluding steroid dienone is 1. The van der Waals surface area contributed by atoms with Gasteiger partial charge in [0.05, 0.1) is 17.6 Å². The molecule has 2 amide bonds. The molecule has 0 saturated heterocycles. The highest BCUT2D eigenvalue weighted by Gasteiger charge is 2.54. The van der Waals surface area contributed by atoms with Crippen molar-refractivity contribution in [2.75, 3.05) is 23.3 Å². The Morgan fingerprint density at radius 2 is 1.73 bits per heavy atom. The minimum Gasteiger partial charge on any atom is -0.380 e. The number of halogens is 5. The summed E-state index contributed by atoms with van der Waals surface area (Å²) in [5.74, 6) is -4.05. The van der Waals surface area contributed by atoms with Crippen LogP contribution in [0.4, 0.5) is 33.5 Å². The summed E-state index contributed by atoms with van der Waals surface area (Å²) in [6.07, 6.45) is 2.18. The van der Waals surface area contributed by atoms with Crippen molar-refractivity contribution in [3.63, 3.8) is 0 Å². The van der Waals surface area contributed by atoms with Gasteiger partial charge in [0.2, 0.25) is 0 Å². The molecule has 2 aromatic rings. The molecule has 3 N–H and O–H groups in total. The lowest BCUT2D eigenvalue weighted by molar-refractivity contribution is -0.270. The van der Waals surface area contributed by atoms with Gasteiger partial charge in [-0.2, -0.15) is 13.2 Å². The summed E-state index contributed by atoms with van der Waals surface area (Å²) in [7, 11) is 0. The standard InChI is InChI=1S/C27H29F5N6O3/c28-19-14-18(24(39)34-17-8-10-26(41,11-9-17)27(30,31)32)22(15-20(19)29)35-25(40)21-6-7-23(37-36-21)38-13-5-3-1-2-4-12-33-16-38/h3,5-7,14-17,41H,1-2,4,8-13H2,(H,34,39)(H,35,40)/b5-3-,33-16?. The van der Waals surface area contributed by atoms with Crippen LogP contribution in [0.25, 0.3) is 0 Å². The van der Waals surface area contributed by atoms with Crippen LogP contribution in [0.3, 0.4) is 0 Å². The number of alkyl halides is 3. The van der Waals surface area contributed by atoms with Crippen LogP contribution in [0, 0.1) is 11.6 Å². The molecule has 2 aliphatic rings. The van der Waals surface area contributed by atoms with E-state index in [1.165, 1.54) is 12.1 Å². The molecule has 0 atom stereocenters. The average molecular weight is 581 g/mol. The van der Waals surface area contributed by atoms with Gasteiger partial charge in [-0.05, 0) is 63.1 Å². The van der Waals surface area contributed by atoms with E-state index in [-0.39, 0.29) is 24.2 Å². The second kappa shape index (κ2) is 12.7. The van der Waals surface area contributed by atoms with Crippen molar-refractivity contribution in [2.24, 2.45) is 4.99 Å². The fourth-order valence-corrected chi connectivity index (χ4v) is 4.54. The minimum atomic E-state index is -4.81. The van der Waals surface area contributed by atoms with Crippen LogP contribution < -0.4 is 15.5 Å². The molecule has 0 radical (unpaired) electrons. The van der Waals surface area contributed by atoms with E-state index in [1.54, 1.807) is 11.2 Å². The van der Waals surface area contributed by atoms with Gasteiger partial charge < -0.3 is 20.6 Å². The first-order valence-electron chi connectivity index (χ1n) is 13.1. The Hall–Kier alpha value is -3.94. The Balaban J connectivity index is 1.45. The highest BCUT2D eigenvalue weighted by Crippen LogP contribution is 2.41. The fourth-order valence-electron chi connectivity index (χ4n) is 4.54. The zero-order valence-corrected chi connectivity index (χ0v) is 21.9. The SMILES string of the molecule is O=C(Nc1cc(F)c(F)cc1C(=O)NC1CCC(O)(C(F)(F)F)CC1)c1ccc(N2C=NCCCC/C=C\C2)nn1. The topological polar surface area (TPSA) is 120 Å². The number of carbonyl (C=O) groups is 2. The van der Waals surface area contributed by atoms with Gasteiger partial charge in [0.1, 0.15) is 0 Å². The van der Waals surface area contributed by atoms with Gasteiger partial charge >= 0.3 is 6.18 Å². The number of aliphatic hydroxyl groups is 1. The first-order valence-corrected chi connectivity index (χ1v) is 13.1. The number of carbonyl (C=O) groups excluding carboxylic acids is 2. The molecule has 1 aliphatic carbocycles. The second-order valence-electron chi connectivity index (χ2n) is 9.96. The number of amides is 2. The maximum atomic E-state index is 14.1. The highest BCUT2D eigenvalue weighted by atomic mass is 19.4. The van der Waals surface area contributed by atoms with E-state index in [9.17, 15) is 36.6 Å². The molecule has 9 nitrogen and oxygen atoms in total. The van der Waals surface area contributed by atoms with Gasteiger partial charge in [0.15, 0.2) is 28.7 Å². The minimum absolute atomic E-state index is 0.169. The lowest BCUT2D eigenvalue weighted by Crippen LogP contribution is -2.51. The van der Waals surface area contributed by atoms with E-state index in [0.717, 1.165) is 19.3 Å². The molecule has 14 heteroatoms. The largest absolute Gasteiger partial charge is 0.417 e. The van der Waals surface area contributed by atoms with Crippen molar-refractivity contribution in [1.29, 1.82) is 0 Å². The second-order valence-corrected chi connectivity index (χ2v) is 9.96. The molecule has 41 heavy (non-hydrogen) atoms.